The van der Waals surface area contributed by atoms with E-state index in [1.807, 2.05) is 0 Å². The van der Waals surface area contributed by atoms with Crippen molar-refractivity contribution in [2.45, 2.75) is 143 Å². The number of rotatable bonds is 6. The molecule has 2 heterocycles. The molecule has 1 unspecified atom stereocenters. The summed E-state index contributed by atoms with van der Waals surface area (Å²) in [5, 5.41) is 0. The molecular formula is C31H63NO2. The van der Waals surface area contributed by atoms with Crippen LogP contribution in [0.1, 0.15) is 137 Å². The monoisotopic (exact) mass is 481 g/mol. The molecule has 0 amide bonds. The van der Waals surface area contributed by atoms with Crippen LogP contribution in [0.4, 0.5) is 0 Å². The highest BCUT2D eigenvalue weighted by Gasteiger charge is 2.13. The number of morpholine rings is 1. The molecule has 2 aliphatic heterocycles. The lowest BCUT2D eigenvalue weighted by molar-refractivity contribution is 0.0373. The Balaban J connectivity index is 0.000000219. The maximum absolute atomic E-state index is 5.30. The van der Waals surface area contributed by atoms with Gasteiger partial charge in [-0.1, -0.05) is 112 Å². The third kappa shape index (κ3) is 19.1. The van der Waals surface area contributed by atoms with E-state index in [-0.39, 0.29) is 0 Å². The van der Waals surface area contributed by atoms with E-state index in [4.69, 9.17) is 9.47 Å². The third-order valence-electron chi connectivity index (χ3n) is 7.84. The van der Waals surface area contributed by atoms with Crippen LogP contribution in [0.5, 0.6) is 0 Å². The van der Waals surface area contributed by atoms with Gasteiger partial charge in [-0.3, -0.25) is 4.90 Å². The van der Waals surface area contributed by atoms with Crippen molar-refractivity contribution in [1.29, 1.82) is 0 Å². The molecule has 204 valence electrons. The highest BCUT2D eigenvalue weighted by molar-refractivity contribution is 4.66. The molecule has 3 nitrogen and oxygen atoms in total. The summed E-state index contributed by atoms with van der Waals surface area (Å²) in [6.45, 7) is 17.7. The Morgan fingerprint density at radius 2 is 1.29 bits per heavy atom. The summed E-state index contributed by atoms with van der Waals surface area (Å²) >= 11 is 0. The lowest BCUT2D eigenvalue weighted by Crippen LogP contribution is -2.36. The fourth-order valence-corrected chi connectivity index (χ4v) is 4.66. The van der Waals surface area contributed by atoms with Crippen LogP contribution in [0.15, 0.2) is 0 Å². The van der Waals surface area contributed by atoms with Crippen LogP contribution in [-0.4, -0.2) is 50.5 Å². The van der Waals surface area contributed by atoms with Gasteiger partial charge in [-0.25, -0.2) is 0 Å². The zero-order valence-corrected chi connectivity index (χ0v) is 24.1. The predicted molar refractivity (Wildman–Crippen MR) is 150 cm³/mol. The highest BCUT2D eigenvalue weighted by atomic mass is 16.5. The van der Waals surface area contributed by atoms with Gasteiger partial charge in [-0.2, -0.15) is 0 Å². The fourth-order valence-electron chi connectivity index (χ4n) is 4.66. The Morgan fingerprint density at radius 1 is 0.676 bits per heavy atom. The van der Waals surface area contributed by atoms with Gasteiger partial charge in [0, 0.05) is 19.7 Å². The van der Waals surface area contributed by atoms with Crippen molar-refractivity contribution in [2.75, 3.05) is 39.5 Å². The zero-order chi connectivity index (χ0) is 24.9. The van der Waals surface area contributed by atoms with E-state index < -0.39 is 0 Å². The second-order valence-corrected chi connectivity index (χ2v) is 11.5. The van der Waals surface area contributed by atoms with E-state index >= 15 is 0 Å². The first kappa shape index (κ1) is 31.9. The summed E-state index contributed by atoms with van der Waals surface area (Å²) < 4.78 is 10.5. The summed E-state index contributed by atoms with van der Waals surface area (Å²) in [6.07, 6.45) is 23.4. The standard InChI is InChI=1S/C8H17NO.C8H16.C6H12O.C5H10.C4H8/c1-2-3-4-9-5-7-10-8-6-9;1-2-5-8-6-3-4-7-8;1-2-6-4-3-5-7-6;1-5-3-2-4-5;1-4-2-3-4/h2-8H2,1H3;8H,2-7H2,1H3;6H,2-5H2,1H3;5H,2-4H2,1H3;4H,2-3H2,1H3. The van der Waals surface area contributed by atoms with Crippen LogP contribution in [0.3, 0.4) is 0 Å². The van der Waals surface area contributed by atoms with E-state index in [0.717, 1.165) is 50.7 Å². The molecule has 0 aromatic rings. The maximum atomic E-state index is 5.30. The number of ether oxygens (including phenoxy) is 2. The molecule has 2 saturated heterocycles. The predicted octanol–water partition coefficient (Wildman–Crippen LogP) is 8.89. The minimum atomic E-state index is 0.597. The van der Waals surface area contributed by atoms with E-state index in [9.17, 15) is 0 Å². The molecule has 1 atom stereocenters. The number of unbranched alkanes of at least 4 members (excludes halogenated alkanes) is 1. The van der Waals surface area contributed by atoms with Gasteiger partial charge in [0.2, 0.25) is 0 Å². The van der Waals surface area contributed by atoms with Gasteiger partial charge >= 0.3 is 0 Å². The second-order valence-electron chi connectivity index (χ2n) is 11.5. The topological polar surface area (TPSA) is 21.7 Å². The van der Waals surface area contributed by atoms with Gasteiger partial charge in [0.1, 0.15) is 0 Å². The van der Waals surface area contributed by atoms with Gasteiger partial charge in [-0.05, 0) is 50.0 Å². The second kappa shape index (κ2) is 22.1. The molecule has 0 N–H and O–H groups in total. The Hall–Kier alpha value is -0.120. The molecule has 5 aliphatic rings. The van der Waals surface area contributed by atoms with Crippen LogP contribution >= 0.6 is 0 Å². The van der Waals surface area contributed by atoms with Gasteiger partial charge in [0.05, 0.1) is 19.3 Å². The summed E-state index contributed by atoms with van der Waals surface area (Å²) in [6, 6.07) is 0. The number of hydrogen-bond acceptors (Lipinski definition) is 3. The van der Waals surface area contributed by atoms with E-state index in [1.54, 1.807) is 0 Å². The Kier molecular flexibility index (Phi) is 20.7. The van der Waals surface area contributed by atoms with Crippen LogP contribution in [0, 0.1) is 17.8 Å². The first-order valence-electron chi connectivity index (χ1n) is 15.5. The van der Waals surface area contributed by atoms with Crippen molar-refractivity contribution < 1.29 is 9.47 Å². The van der Waals surface area contributed by atoms with Crippen molar-refractivity contribution in [2.24, 2.45) is 17.8 Å². The SMILES string of the molecule is CC1CC1.CC1CCC1.CCC1CCCO1.CCCC1CCCC1.CCCCN1CCOCC1. The quantitative estimate of drug-likeness (QED) is 0.378. The molecule has 0 aromatic heterocycles. The van der Waals surface area contributed by atoms with E-state index in [1.165, 1.54) is 109 Å². The van der Waals surface area contributed by atoms with Gasteiger partial charge in [0.25, 0.3) is 0 Å². The number of nitrogens with zero attached hydrogens (tertiary/aromatic N) is 1. The Morgan fingerprint density at radius 3 is 1.65 bits per heavy atom. The highest BCUT2D eigenvalue weighted by Crippen LogP contribution is 2.28. The van der Waals surface area contributed by atoms with Crippen molar-refractivity contribution in [3.63, 3.8) is 0 Å². The Labute approximate surface area is 215 Å². The first-order chi connectivity index (χ1) is 16.6. The summed E-state index contributed by atoms with van der Waals surface area (Å²) in [7, 11) is 0. The van der Waals surface area contributed by atoms with Gasteiger partial charge in [0.15, 0.2) is 0 Å². The molecule has 0 spiro atoms. The van der Waals surface area contributed by atoms with Crippen molar-refractivity contribution >= 4 is 0 Å². The molecule has 0 bridgehead atoms. The summed E-state index contributed by atoms with van der Waals surface area (Å²) in [5.41, 5.74) is 0. The molecule has 0 aromatic carbocycles. The largest absolute Gasteiger partial charge is 0.379 e. The van der Waals surface area contributed by atoms with Gasteiger partial charge < -0.3 is 9.47 Å². The minimum absolute atomic E-state index is 0.597. The van der Waals surface area contributed by atoms with Crippen molar-refractivity contribution in [3.05, 3.63) is 0 Å². The third-order valence-corrected chi connectivity index (χ3v) is 7.84. The van der Waals surface area contributed by atoms with Gasteiger partial charge in [-0.15, -0.1) is 0 Å². The molecule has 34 heavy (non-hydrogen) atoms. The number of hydrogen-bond donors (Lipinski definition) is 0. The van der Waals surface area contributed by atoms with Crippen molar-refractivity contribution in [3.8, 4) is 0 Å². The normalized spacial score (nSPS) is 24.8. The van der Waals surface area contributed by atoms with Crippen LogP contribution < -0.4 is 0 Å². The Bertz CT molecular complexity index is 404. The van der Waals surface area contributed by atoms with Crippen LogP contribution in [-0.2, 0) is 9.47 Å². The lowest BCUT2D eigenvalue weighted by Gasteiger charge is -2.26. The molecule has 5 fully saturated rings. The summed E-state index contributed by atoms with van der Waals surface area (Å²) in [4.78, 5) is 2.48. The lowest BCUT2D eigenvalue weighted by atomic mass is 9.88. The molecular weight excluding hydrogens is 418 g/mol. The zero-order valence-electron chi connectivity index (χ0n) is 24.1. The van der Waals surface area contributed by atoms with Crippen molar-refractivity contribution in [1.82, 2.24) is 4.90 Å². The average Bonchev–Trinajstić information content (AvgIpc) is 3.27. The summed E-state index contributed by atoms with van der Waals surface area (Å²) in [5.74, 6) is 3.26. The molecule has 0 radical (unpaired) electrons. The molecule has 3 saturated carbocycles. The molecule has 3 heteroatoms. The minimum Gasteiger partial charge on any atom is -0.379 e. The molecule has 3 aliphatic carbocycles. The molecule has 5 rings (SSSR count). The van der Waals surface area contributed by atoms with E-state index in [0.29, 0.717) is 6.10 Å². The average molecular weight is 482 g/mol. The van der Waals surface area contributed by atoms with E-state index in [2.05, 4.69) is 39.5 Å². The fraction of sp³-hybridized carbons (Fsp3) is 1.00. The van der Waals surface area contributed by atoms with Crippen LogP contribution in [0.25, 0.3) is 0 Å². The van der Waals surface area contributed by atoms with Crippen LogP contribution in [0.2, 0.25) is 0 Å². The first-order valence-corrected chi connectivity index (χ1v) is 15.5. The smallest absolute Gasteiger partial charge is 0.0594 e. The maximum Gasteiger partial charge on any atom is 0.0594 e.